The van der Waals surface area contributed by atoms with Crippen LogP contribution in [0.1, 0.15) is 18.2 Å². The number of methoxy groups -OCH3 is 1. The molecule has 0 atom stereocenters. The highest BCUT2D eigenvalue weighted by Gasteiger charge is 2.14. The van der Waals surface area contributed by atoms with Gasteiger partial charge in [0.1, 0.15) is 10.8 Å². The summed E-state index contributed by atoms with van der Waals surface area (Å²) >= 11 is 3.32. The first-order valence-corrected chi connectivity index (χ1v) is 11.3. The number of hydrogen-bond donors (Lipinski definition) is 0. The Kier molecular flexibility index (Phi) is 5.97. The van der Waals surface area contributed by atoms with Gasteiger partial charge in [0.05, 0.1) is 12.8 Å². The zero-order valence-corrected chi connectivity index (χ0v) is 18.3. The third-order valence-corrected chi connectivity index (χ3v) is 6.47. The fraction of sp³-hybridized carbons (Fsp3) is 0.227. The van der Waals surface area contributed by atoms with Gasteiger partial charge in [-0.25, -0.2) is 4.98 Å². The summed E-state index contributed by atoms with van der Waals surface area (Å²) in [7, 11) is 1.68. The predicted molar refractivity (Wildman–Crippen MR) is 120 cm³/mol. The van der Waals surface area contributed by atoms with Crippen molar-refractivity contribution >= 4 is 23.1 Å². The lowest BCUT2D eigenvalue weighted by atomic mass is 10.1. The van der Waals surface area contributed by atoms with Gasteiger partial charge in [-0.1, -0.05) is 47.7 Å². The minimum absolute atomic E-state index is 0.756. The van der Waals surface area contributed by atoms with Gasteiger partial charge in [-0.05, 0) is 32.0 Å². The van der Waals surface area contributed by atoms with Crippen molar-refractivity contribution in [3.05, 3.63) is 65.2 Å². The second-order valence-corrected chi connectivity index (χ2v) is 8.39. The summed E-state index contributed by atoms with van der Waals surface area (Å²) in [6.07, 6.45) is 0. The van der Waals surface area contributed by atoms with Crippen LogP contribution in [-0.4, -0.2) is 26.9 Å². The van der Waals surface area contributed by atoms with E-state index in [2.05, 4.69) is 64.3 Å². The molecule has 0 aliphatic rings. The fourth-order valence-corrected chi connectivity index (χ4v) is 4.90. The van der Waals surface area contributed by atoms with Crippen molar-refractivity contribution in [2.45, 2.75) is 31.3 Å². The lowest BCUT2D eigenvalue weighted by molar-refractivity contribution is 0.415. The first-order chi connectivity index (χ1) is 14.2. The monoisotopic (exact) mass is 422 g/mol. The van der Waals surface area contributed by atoms with Crippen LogP contribution >= 0.6 is 23.1 Å². The summed E-state index contributed by atoms with van der Waals surface area (Å²) in [5, 5.41) is 12.9. The molecule has 0 bridgehead atoms. The molecule has 7 heteroatoms. The molecule has 0 N–H and O–H groups in total. The van der Waals surface area contributed by atoms with Crippen LogP contribution in [0, 0.1) is 6.92 Å². The summed E-state index contributed by atoms with van der Waals surface area (Å²) in [5.41, 5.74) is 4.43. The highest BCUT2D eigenvalue weighted by molar-refractivity contribution is 7.98. The number of thioether (sulfide) groups is 1. The Morgan fingerprint density at radius 1 is 1.07 bits per heavy atom. The van der Waals surface area contributed by atoms with Crippen molar-refractivity contribution in [3.63, 3.8) is 0 Å². The number of aryl methyl sites for hydroxylation is 1. The molecule has 0 unspecified atom stereocenters. The summed E-state index contributed by atoms with van der Waals surface area (Å²) in [6.45, 7) is 5.04. The van der Waals surface area contributed by atoms with Gasteiger partial charge in [0.15, 0.2) is 11.0 Å². The first kappa shape index (κ1) is 19.7. The van der Waals surface area contributed by atoms with Crippen LogP contribution in [0.15, 0.2) is 59.1 Å². The van der Waals surface area contributed by atoms with Gasteiger partial charge in [-0.15, -0.1) is 21.5 Å². The van der Waals surface area contributed by atoms with E-state index in [0.717, 1.165) is 50.9 Å². The Hall–Kier alpha value is -2.64. The third kappa shape index (κ3) is 4.36. The molecule has 2 aromatic carbocycles. The maximum Gasteiger partial charge on any atom is 0.191 e. The topological polar surface area (TPSA) is 52.8 Å². The van der Waals surface area contributed by atoms with Gasteiger partial charge in [0.2, 0.25) is 0 Å². The molecule has 0 spiro atoms. The second-order valence-electron chi connectivity index (χ2n) is 6.58. The molecule has 29 heavy (non-hydrogen) atoms. The van der Waals surface area contributed by atoms with Crippen LogP contribution in [0.4, 0.5) is 0 Å². The Balaban J connectivity index is 1.51. The van der Waals surface area contributed by atoms with Gasteiger partial charge < -0.3 is 9.30 Å². The molecule has 148 valence electrons. The van der Waals surface area contributed by atoms with E-state index in [0.29, 0.717) is 0 Å². The standard InChI is InChI=1S/C22H22N4OS2/c1-4-26-20(16-8-5-7-15(2)11-16)24-25-22(26)29-14-18-13-28-21(23-18)17-9-6-10-19(12-17)27-3/h5-13H,4,14H2,1-3H3. The smallest absolute Gasteiger partial charge is 0.191 e. The SMILES string of the molecule is CCn1c(SCc2csc(-c3cccc(OC)c3)n2)nnc1-c1cccc(C)c1. The van der Waals surface area contributed by atoms with Gasteiger partial charge in [0, 0.05) is 28.8 Å². The maximum atomic E-state index is 5.31. The molecule has 4 rings (SSSR count). The predicted octanol–water partition coefficient (Wildman–Crippen LogP) is 5.70. The second kappa shape index (κ2) is 8.80. The molecule has 0 aliphatic heterocycles. The van der Waals surface area contributed by atoms with E-state index in [-0.39, 0.29) is 0 Å². The number of benzene rings is 2. The Morgan fingerprint density at radius 3 is 2.69 bits per heavy atom. The Bertz CT molecular complexity index is 1120. The molecule has 5 nitrogen and oxygen atoms in total. The molecule has 0 fully saturated rings. The maximum absolute atomic E-state index is 5.31. The lowest BCUT2D eigenvalue weighted by Crippen LogP contribution is -2.00. The van der Waals surface area contributed by atoms with E-state index in [4.69, 9.17) is 9.72 Å². The van der Waals surface area contributed by atoms with E-state index in [1.54, 1.807) is 30.2 Å². The molecule has 0 aliphatic carbocycles. The van der Waals surface area contributed by atoms with Gasteiger partial charge in [0.25, 0.3) is 0 Å². The zero-order valence-electron chi connectivity index (χ0n) is 16.6. The summed E-state index contributed by atoms with van der Waals surface area (Å²) in [5.74, 6) is 2.51. The zero-order chi connectivity index (χ0) is 20.2. The van der Waals surface area contributed by atoms with Crippen LogP contribution in [0.25, 0.3) is 22.0 Å². The molecule has 4 aromatic rings. The van der Waals surface area contributed by atoms with Gasteiger partial charge >= 0.3 is 0 Å². The van der Waals surface area contributed by atoms with Crippen LogP contribution in [-0.2, 0) is 12.3 Å². The number of aromatic nitrogens is 4. The number of thiazole rings is 1. The van der Waals surface area contributed by atoms with Crippen LogP contribution < -0.4 is 4.74 Å². The normalized spacial score (nSPS) is 11.0. The van der Waals surface area contributed by atoms with E-state index >= 15 is 0 Å². The molecule has 0 saturated heterocycles. The summed E-state index contributed by atoms with van der Waals surface area (Å²) < 4.78 is 7.48. The van der Waals surface area contributed by atoms with E-state index < -0.39 is 0 Å². The quantitative estimate of drug-likeness (QED) is 0.358. The number of nitrogens with zero attached hydrogens (tertiary/aromatic N) is 4. The van der Waals surface area contributed by atoms with Crippen molar-refractivity contribution in [2.24, 2.45) is 0 Å². The van der Waals surface area contributed by atoms with Crippen molar-refractivity contribution < 1.29 is 4.74 Å². The van der Waals surface area contributed by atoms with E-state index in [9.17, 15) is 0 Å². The largest absolute Gasteiger partial charge is 0.497 e. The van der Waals surface area contributed by atoms with Crippen LogP contribution in [0.2, 0.25) is 0 Å². The molecule has 0 saturated carbocycles. The van der Waals surface area contributed by atoms with E-state index in [1.807, 2.05) is 18.2 Å². The summed E-state index contributed by atoms with van der Waals surface area (Å²) in [6, 6.07) is 16.4. The first-order valence-electron chi connectivity index (χ1n) is 9.39. The molecule has 2 heterocycles. The molecule has 0 amide bonds. The van der Waals surface area contributed by atoms with Crippen molar-refractivity contribution in [1.29, 1.82) is 0 Å². The van der Waals surface area contributed by atoms with Crippen molar-refractivity contribution in [3.8, 4) is 27.7 Å². The average Bonchev–Trinajstić information content (AvgIpc) is 3.39. The van der Waals surface area contributed by atoms with Crippen LogP contribution in [0.3, 0.4) is 0 Å². The van der Waals surface area contributed by atoms with Gasteiger partial charge in [-0.3, -0.25) is 0 Å². The Morgan fingerprint density at radius 2 is 1.90 bits per heavy atom. The minimum Gasteiger partial charge on any atom is -0.497 e. The highest BCUT2D eigenvalue weighted by Crippen LogP contribution is 2.30. The fourth-order valence-electron chi connectivity index (χ4n) is 3.08. The number of hydrogen-bond acceptors (Lipinski definition) is 6. The number of rotatable bonds is 7. The van der Waals surface area contributed by atoms with Crippen molar-refractivity contribution in [2.75, 3.05) is 7.11 Å². The number of ether oxygens (including phenoxy) is 1. The van der Waals surface area contributed by atoms with Crippen molar-refractivity contribution in [1.82, 2.24) is 19.7 Å². The highest BCUT2D eigenvalue weighted by atomic mass is 32.2. The molecular formula is C22H22N4OS2. The Labute approximate surface area is 178 Å². The average molecular weight is 423 g/mol. The van der Waals surface area contributed by atoms with Gasteiger partial charge in [-0.2, -0.15) is 0 Å². The summed E-state index contributed by atoms with van der Waals surface area (Å²) in [4.78, 5) is 4.79. The van der Waals surface area contributed by atoms with E-state index in [1.165, 1.54) is 5.56 Å². The van der Waals surface area contributed by atoms with Crippen LogP contribution in [0.5, 0.6) is 5.75 Å². The molecule has 2 aromatic heterocycles. The third-order valence-electron chi connectivity index (χ3n) is 4.53. The lowest BCUT2D eigenvalue weighted by Gasteiger charge is -2.07. The molecule has 0 radical (unpaired) electrons. The minimum atomic E-state index is 0.756. The molecular weight excluding hydrogens is 400 g/mol.